The molecule has 2 rings (SSSR count). The predicted octanol–water partition coefficient (Wildman–Crippen LogP) is 4.44. The second-order valence-electron chi connectivity index (χ2n) is 5.25. The fourth-order valence-corrected chi connectivity index (χ4v) is 1.95. The lowest BCUT2D eigenvalue weighted by Gasteiger charge is -2.06. The van der Waals surface area contributed by atoms with Crippen molar-refractivity contribution in [1.29, 1.82) is 0 Å². The third kappa shape index (κ3) is 4.48. The molecule has 2 aromatic carbocycles. The highest BCUT2D eigenvalue weighted by Gasteiger charge is 2.02. The fourth-order valence-electron chi connectivity index (χ4n) is 1.95. The third-order valence-electron chi connectivity index (χ3n) is 3.29. The minimum Gasteiger partial charge on any atom is -0.497 e. The van der Waals surface area contributed by atoms with Crippen LogP contribution < -0.4 is 9.47 Å². The number of carbonyl (C=O) groups excluding carboxylic acids is 1. The lowest BCUT2D eigenvalue weighted by Crippen LogP contribution is -2.03. The van der Waals surface area contributed by atoms with Crippen molar-refractivity contribution >= 4 is 12.0 Å². The summed E-state index contributed by atoms with van der Waals surface area (Å²) in [6, 6.07) is 15.0. The van der Waals surface area contributed by atoms with Gasteiger partial charge in [0.1, 0.15) is 11.5 Å². The topological polar surface area (TPSA) is 35.5 Å². The Bertz CT molecular complexity index is 637. The summed E-state index contributed by atoms with van der Waals surface area (Å²) >= 11 is 0. The van der Waals surface area contributed by atoms with Gasteiger partial charge in [0.25, 0.3) is 0 Å². The molecule has 0 heterocycles. The maximum Gasteiger partial charge on any atom is 0.336 e. The Kier molecular flexibility index (Phi) is 5.37. The van der Waals surface area contributed by atoms with Crippen molar-refractivity contribution < 1.29 is 14.3 Å². The number of benzene rings is 2. The van der Waals surface area contributed by atoms with Gasteiger partial charge in [-0.25, -0.2) is 4.79 Å². The van der Waals surface area contributed by atoms with E-state index in [0.717, 1.165) is 11.3 Å². The highest BCUT2D eigenvalue weighted by Crippen LogP contribution is 2.19. The number of rotatable bonds is 5. The minimum atomic E-state index is -0.395. The van der Waals surface area contributed by atoms with Gasteiger partial charge in [0.05, 0.1) is 7.11 Å². The first kappa shape index (κ1) is 15.8. The Morgan fingerprint density at radius 1 is 0.955 bits per heavy atom. The van der Waals surface area contributed by atoms with Gasteiger partial charge < -0.3 is 9.47 Å². The van der Waals surface area contributed by atoms with E-state index in [1.807, 2.05) is 48.5 Å². The second kappa shape index (κ2) is 7.46. The first-order chi connectivity index (χ1) is 10.6. The van der Waals surface area contributed by atoms with Crippen LogP contribution in [0.2, 0.25) is 0 Å². The van der Waals surface area contributed by atoms with Gasteiger partial charge in [0.15, 0.2) is 0 Å². The molecule has 0 saturated heterocycles. The number of hydrogen-bond donors (Lipinski definition) is 0. The molecule has 0 amide bonds. The second-order valence-corrected chi connectivity index (χ2v) is 5.25. The van der Waals surface area contributed by atoms with E-state index in [2.05, 4.69) is 13.8 Å². The lowest BCUT2D eigenvalue weighted by molar-refractivity contribution is -0.128. The fraction of sp³-hybridized carbons (Fsp3) is 0.211. The molecule has 0 spiro atoms. The van der Waals surface area contributed by atoms with Crippen LogP contribution in [-0.4, -0.2) is 13.1 Å². The summed E-state index contributed by atoms with van der Waals surface area (Å²) in [6.45, 7) is 4.25. The van der Waals surface area contributed by atoms with Crippen molar-refractivity contribution in [1.82, 2.24) is 0 Å². The Hall–Kier alpha value is -2.55. The molecule has 114 valence electrons. The maximum absolute atomic E-state index is 11.8. The smallest absolute Gasteiger partial charge is 0.336 e. The highest BCUT2D eigenvalue weighted by atomic mass is 16.5. The van der Waals surface area contributed by atoms with Crippen molar-refractivity contribution in [2.75, 3.05) is 7.11 Å². The monoisotopic (exact) mass is 296 g/mol. The molecule has 3 nitrogen and oxygen atoms in total. The van der Waals surface area contributed by atoms with Gasteiger partial charge in [-0.1, -0.05) is 38.1 Å². The largest absolute Gasteiger partial charge is 0.497 e. The van der Waals surface area contributed by atoms with Crippen molar-refractivity contribution in [3.63, 3.8) is 0 Å². The molecular weight excluding hydrogens is 276 g/mol. The van der Waals surface area contributed by atoms with E-state index in [1.54, 1.807) is 13.2 Å². The van der Waals surface area contributed by atoms with Crippen molar-refractivity contribution in [2.45, 2.75) is 19.8 Å². The first-order valence-electron chi connectivity index (χ1n) is 7.22. The molecule has 0 radical (unpaired) electrons. The van der Waals surface area contributed by atoms with Crippen LogP contribution in [0.1, 0.15) is 30.9 Å². The number of hydrogen-bond acceptors (Lipinski definition) is 3. The van der Waals surface area contributed by atoms with Crippen LogP contribution in [-0.2, 0) is 4.79 Å². The van der Waals surface area contributed by atoms with Gasteiger partial charge >= 0.3 is 5.97 Å². The van der Waals surface area contributed by atoms with Gasteiger partial charge in [-0.3, -0.25) is 0 Å². The molecule has 2 aromatic rings. The zero-order valence-corrected chi connectivity index (χ0v) is 13.1. The van der Waals surface area contributed by atoms with Crippen LogP contribution >= 0.6 is 0 Å². The number of methoxy groups -OCH3 is 1. The Morgan fingerprint density at radius 2 is 1.55 bits per heavy atom. The van der Waals surface area contributed by atoms with Crippen molar-refractivity contribution in [2.24, 2.45) is 0 Å². The molecule has 0 aliphatic rings. The van der Waals surface area contributed by atoms with E-state index in [-0.39, 0.29) is 0 Å². The zero-order valence-electron chi connectivity index (χ0n) is 13.1. The van der Waals surface area contributed by atoms with Gasteiger partial charge in [-0.2, -0.15) is 0 Å². The van der Waals surface area contributed by atoms with Crippen LogP contribution in [0.15, 0.2) is 54.6 Å². The average molecular weight is 296 g/mol. The molecule has 0 fully saturated rings. The predicted molar refractivity (Wildman–Crippen MR) is 88.2 cm³/mol. The van der Waals surface area contributed by atoms with Crippen molar-refractivity contribution in [3.05, 3.63) is 65.7 Å². The van der Waals surface area contributed by atoms with E-state index in [1.165, 1.54) is 11.6 Å². The molecule has 0 bridgehead atoms. The van der Waals surface area contributed by atoms with E-state index < -0.39 is 5.97 Å². The van der Waals surface area contributed by atoms with Gasteiger partial charge in [0.2, 0.25) is 0 Å². The molecule has 0 aliphatic heterocycles. The van der Waals surface area contributed by atoms with Crippen LogP contribution in [0.4, 0.5) is 0 Å². The molecule has 0 unspecified atom stereocenters. The molecule has 22 heavy (non-hydrogen) atoms. The summed E-state index contributed by atoms with van der Waals surface area (Å²) in [5.74, 6) is 1.39. The standard InChI is InChI=1S/C19H20O3/c1-14(2)16-7-11-18(12-8-16)22-19(20)13-6-15-4-9-17(21-3)10-5-15/h4-14H,1-3H3. The number of esters is 1. The summed E-state index contributed by atoms with van der Waals surface area (Å²) in [7, 11) is 1.62. The van der Waals surface area contributed by atoms with Gasteiger partial charge in [-0.05, 0) is 47.4 Å². The maximum atomic E-state index is 11.8. The highest BCUT2D eigenvalue weighted by molar-refractivity contribution is 5.88. The summed E-state index contributed by atoms with van der Waals surface area (Å²) < 4.78 is 10.3. The van der Waals surface area contributed by atoms with Crippen LogP contribution in [0.25, 0.3) is 6.08 Å². The lowest BCUT2D eigenvalue weighted by atomic mass is 10.0. The van der Waals surface area contributed by atoms with Crippen molar-refractivity contribution in [3.8, 4) is 11.5 Å². The average Bonchev–Trinajstić information content (AvgIpc) is 2.54. The SMILES string of the molecule is COc1ccc(C=CC(=O)Oc2ccc(C(C)C)cc2)cc1. The van der Waals surface area contributed by atoms with Crippen LogP contribution in [0, 0.1) is 0 Å². The summed E-state index contributed by atoms with van der Waals surface area (Å²) in [5.41, 5.74) is 2.13. The Balaban J connectivity index is 1.95. The molecule has 0 saturated carbocycles. The molecule has 0 atom stereocenters. The molecular formula is C19H20O3. The Labute approximate surface area is 131 Å². The van der Waals surface area contributed by atoms with Crippen LogP contribution in [0.5, 0.6) is 11.5 Å². The van der Waals surface area contributed by atoms with Gasteiger partial charge in [0, 0.05) is 6.08 Å². The summed E-state index contributed by atoms with van der Waals surface area (Å²) in [5, 5.41) is 0. The van der Waals surface area contributed by atoms with Crippen LogP contribution in [0.3, 0.4) is 0 Å². The van der Waals surface area contributed by atoms with E-state index in [0.29, 0.717) is 11.7 Å². The van der Waals surface area contributed by atoms with E-state index in [4.69, 9.17) is 9.47 Å². The normalized spacial score (nSPS) is 10.9. The summed E-state index contributed by atoms with van der Waals surface area (Å²) in [4.78, 5) is 11.8. The Morgan fingerprint density at radius 3 is 2.09 bits per heavy atom. The molecule has 0 N–H and O–H groups in total. The number of ether oxygens (including phenoxy) is 2. The minimum absolute atomic E-state index is 0.395. The molecule has 0 aromatic heterocycles. The number of carbonyl (C=O) groups is 1. The molecule has 0 aliphatic carbocycles. The molecule has 3 heteroatoms. The quantitative estimate of drug-likeness (QED) is 0.465. The van der Waals surface area contributed by atoms with E-state index >= 15 is 0 Å². The third-order valence-corrected chi connectivity index (χ3v) is 3.29. The first-order valence-corrected chi connectivity index (χ1v) is 7.22. The summed E-state index contributed by atoms with van der Waals surface area (Å²) in [6.07, 6.45) is 3.13. The van der Waals surface area contributed by atoms with Gasteiger partial charge in [-0.15, -0.1) is 0 Å². The van der Waals surface area contributed by atoms with E-state index in [9.17, 15) is 4.79 Å². The zero-order chi connectivity index (χ0) is 15.9.